The fraction of sp³-hybridized carbons (Fsp3) is 0.533. The maximum atomic E-state index is 5.60. The van der Waals surface area contributed by atoms with Gasteiger partial charge in [-0.3, -0.25) is 0 Å². The number of rotatable bonds is 4. The van der Waals surface area contributed by atoms with Crippen molar-refractivity contribution in [3.8, 4) is 5.69 Å². The molecule has 0 saturated heterocycles. The van der Waals surface area contributed by atoms with Crippen molar-refractivity contribution in [3.63, 3.8) is 0 Å². The van der Waals surface area contributed by atoms with Crippen molar-refractivity contribution >= 4 is 5.69 Å². The summed E-state index contributed by atoms with van der Waals surface area (Å²) in [6, 6.07) is 6.64. The van der Waals surface area contributed by atoms with E-state index < -0.39 is 0 Å². The molecule has 2 aromatic rings. The monoisotopic (exact) mass is 287 g/mol. The van der Waals surface area contributed by atoms with Crippen molar-refractivity contribution in [2.75, 3.05) is 12.4 Å². The third-order valence-electron chi connectivity index (χ3n) is 4.15. The number of tetrazole rings is 1. The number of aryl methyl sites for hydroxylation is 1. The van der Waals surface area contributed by atoms with E-state index in [1.54, 1.807) is 18.1 Å². The van der Waals surface area contributed by atoms with Gasteiger partial charge in [0.25, 0.3) is 0 Å². The normalized spacial score (nSPS) is 22.2. The summed E-state index contributed by atoms with van der Waals surface area (Å²) in [5.41, 5.74) is 3.26. The Balaban J connectivity index is 1.76. The molecule has 6 nitrogen and oxygen atoms in total. The molecule has 1 aromatic carbocycles. The molecule has 3 rings (SSSR count). The minimum absolute atomic E-state index is 0.304. The molecule has 1 heterocycles. The van der Waals surface area contributed by atoms with Gasteiger partial charge >= 0.3 is 0 Å². The number of aromatic nitrogens is 4. The summed E-state index contributed by atoms with van der Waals surface area (Å²) in [6.45, 7) is 2.07. The molecule has 0 amide bonds. The maximum Gasteiger partial charge on any atom is 0.143 e. The zero-order chi connectivity index (χ0) is 14.7. The molecule has 112 valence electrons. The Hall–Kier alpha value is -1.95. The highest BCUT2D eigenvalue weighted by atomic mass is 16.5. The Morgan fingerprint density at radius 3 is 2.86 bits per heavy atom. The fourth-order valence-electron chi connectivity index (χ4n) is 3.03. The molecule has 1 saturated carbocycles. The first-order chi connectivity index (χ1) is 10.3. The smallest absolute Gasteiger partial charge is 0.143 e. The van der Waals surface area contributed by atoms with Gasteiger partial charge in [-0.2, -0.15) is 0 Å². The largest absolute Gasteiger partial charge is 0.380 e. The second-order valence-corrected chi connectivity index (χ2v) is 5.57. The Bertz CT molecular complexity index is 584. The van der Waals surface area contributed by atoms with E-state index in [2.05, 4.69) is 39.9 Å². The molecule has 0 radical (unpaired) electrons. The average molecular weight is 287 g/mol. The highest BCUT2D eigenvalue weighted by molar-refractivity contribution is 5.53. The third-order valence-corrected chi connectivity index (χ3v) is 4.15. The molecule has 1 aliphatic carbocycles. The Morgan fingerprint density at radius 2 is 2.14 bits per heavy atom. The van der Waals surface area contributed by atoms with Crippen LogP contribution in [-0.2, 0) is 4.74 Å². The van der Waals surface area contributed by atoms with Gasteiger partial charge in [0.2, 0.25) is 0 Å². The Morgan fingerprint density at radius 1 is 1.29 bits per heavy atom. The van der Waals surface area contributed by atoms with E-state index in [1.165, 1.54) is 12.8 Å². The van der Waals surface area contributed by atoms with Crippen molar-refractivity contribution in [1.29, 1.82) is 0 Å². The van der Waals surface area contributed by atoms with Crippen LogP contribution in [0.4, 0.5) is 5.69 Å². The molecule has 1 N–H and O–H groups in total. The Labute approximate surface area is 124 Å². The first-order valence-corrected chi connectivity index (χ1v) is 7.41. The average Bonchev–Trinajstić information content (AvgIpc) is 3.02. The van der Waals surface area contributed by atoms with Crippen molar-refractivity contribution in [1.82, 2.24) is 20.2 Å². The molecule has 21 heavy (non-hydrogen) atoms. The van der Waals surface area contributed by atoms with Crippen LogP contribution in [0.25, 0.3) is 5.69 Å². The van der Waals surface area contributed by atoms with Crippen molar-refractivity contribution in [2.24, 2.45) is 0 Å². The van der Waals surface area contributed by atoms with Gasteiger partial charge in [0.1, 0.15) is 6.33 Å². The first kappa shape index (κ1) is 14.0. The minimum atomic E-state index is 0.304. The number of nitrogens with zero attached hydrogens (tertiary/aromatic N) is 4. The van der Waals surface area contributed by atoms with E-state index in [0.29, 0.717) is 12.1 Å². The lowest BCUT2D eigenvalue weighted by atomic mass is 9.92. The van der Waals surface area contributed by atoms with E-state index in [0.717, 1.165) is 29.8 Å². The number of hydrogen-bond donors (Lipinski definition) is 1. The summed E-state index contributed by atoms with van der Waals surface area (Å²) in [7, 11) is 1.80. The van der Waals surface area contributed by atoms with Crippen LogP contribution in [0.15, 0.2) is 24.5 Å². The summed E-state index contributed by atoms with van der Waals surface area (Å²) in [5.74, 6) is 0. The highest BCUT2D eigenvalue weighted by Gasteiger charge is 2.24. The Kier molecular flexibility index (Phi) is 4.15. The zero-order valence-corrected chi connectivity index (χ0v) is 12.5. The molecule has 0 spiro atoms. The van der Waals surface area contributed by atoms with Crippen LogP contribution in [0, 0.1) is 6.92 Å². The molecule has 6 heteroatoms. The standard InChI is InChI=1S/C15H21N5O/c1-11-9-12(7-8-14(11)20-10-16-18-19-20)17-13-5-3-4-6-15(13)21-2/h7-10,13,15,17H,3-6H2,1-2H3. The predicted molar refractivity (Wildman–Crippen MR) is 80.6 cm³/mol. The number of methoxy groups -OCH3 is 1. The van der Waals surface area contributed by atoms with Crippen molar-refractivity contribution in [2.45, 2.75) is 44.8 Å². The fourth-order valence-corrected chi connectivity index (χ4v) is 3.03. The van der Waals surface area contributed by atoms with Crippen LogP contribution in [-0.4, -0.2) is 39.5 Å². The zero-order valence-electron chi connectivity index (χ0n) is 12.5. The molecule has 2 atom stereocenters. The van der Waals surface area contributed by atoms with Crippen molar-refractivity contribution in [3.05, 3.63) is 30.1 Å². The lowest BCUT2D eigenvalue weighted by molar-refractivity contribution is 0.0606. The molecule has 1 aliphatic rings. The van der Waals surface area contributed by atoms with Crippen molar-refractivity contribution < 1.29 is 4.74 Å². The second-order valence-electron chi connectivity index (χ2n) is 5.57. The van der Waals surface area contributed by atoms with Gasteiger partial charge in [-0.1, -0.05) is 12.8 Å². The van der Waals surface area contributed by atoms with Gasteiger partial charge in [-0.15, -0.1) is 5.10 Å². The van der Waals surface area contributed by atoms with E-state index in [-0.39, 0.29) is 0 Å². The van der Waals surface area contributed by atoms with Gasteiger partial charge in [0, 0.05) is 12.8 Å². The number of ether oxygens (including phenoxy) is 1. The van der Waals surface area contributed by atoms with Gasteiger partial charge < -0.3 is 10.1 Å². The summed E-state index contributed by atoms with van der Waals surface area (Å²) < 4.78 is 7.27. The SMILES string of the molecule is COC1CCCCC1Nc1ccc(-n2cnnn2)c(C)c1. The van der Waals surface area contributed by atoms with Crippen LogP contribution in [0.2, 0.25) is 0 Å². The van der Waals surface area contributed by atoms with Gasteiger partial charge in [-0.05, 0) is 54.0 Å². The minimum Gasteiger partial charge on any atom is -0.380 e. The van der Waals surface area contributed by atoms with Crippen LogP contribution in [0.3, 0.4) is 0 Å². The van der Waals surface area contributed by atoms with Gasteiger partial charge in [-0.25, -0.2) is 4.68 Å². The van der Waals surface area contributed by atoms with Crippen LogP contribution >= 0.6 is 0 Å². The molecule has 1 fully saturated rings. The highest BCUT2D eigenvalue weighted by Crippen LogP contribution is 2.25. The molecule has 2 unspecified atom stereocenters. The van der Waals surface area contributed by atoms with Crippen LogP contribution in [0.1, 0.15) is 31.2 Å². The number of anilines is 1. The predicted octanol–water partition coefficient (Wildman–Crippen LogP) is 2.34. The molecule has 0 bridgehead atoms. The second kappa shape index (κ2) is 6.22. The number of hydrogen-bond acceptors (Lipinski definition) is 5. The van der Waals surface area contributed by atoms with Crippen LogP contribution < -0.4 is 5.32 Å². The lowest BCUT2D eigenvalue weighted by Crippen LogP contribution is -2.37. The quantitative estimate of drug-likeness (QED) is 0.935. The van der Waals surface area contributed by atoms with E-state index in [9.17, 15) is 0 Å². The maximum absolute atomic E-state index is 5.60. The summed E-state index contributed by atoms with van der Waals surface area (Å²) in [5, 5.41) is 14.9. The number of nitrogens with one attached hydrogen (secondary N) is 1. The van der Waals surface area contributed by atoms with E-state index in [4.69, 9.17) is 4.74 Å². The summed E-state index contributed by atoms with van der Waals surface area (Å²) >= 11 is 0. The van der Waals surface area contributed by atoms with Gasteiger partial charge in [0.05, 0.1) is 17.8 Å². The first-order valence-electron chi connectivity index (χ1n) is 7.41. The van der Waals surface area contributed by atoms with E-state index >= 15 is 0 Å². The molecular formula is C15H21N5O. The topological polar surface area (TPSA) is 64.9 Å². The van der Waals surface area contributed by atoms with Gasteiger partial charge in [0.15, 0.2) is 0 Å². The lowest BCUT2D eigenvalue weighted by Gasteiger charge is -2.32. The summed E-state index contributed by atoms with van der Waals surface area (Å²) in [4.78, 5) is 0. The van der Waals surface area contributed by atoms with Crippen LogP contribution in [0.5, 0.6) is 0 Å². The molecular weight excluding hydrogens is 266 g/mol. The third kappa shape index (κ3) is 3.05. The molecule has 1 aromatic heterocycles. The van der Waals surface area contributed by atoms with E-state index in [1.807, 2.05) is 6.07 Å². The number of benzene rings is 1. The molecule has 0 aliphatic heterocycles. The summed E-state index contributed by atoms with van der Waals surface area (Å²) in [6.07, 6.45) is 6.73.